The first kappa shape index (κ1) is 15.9. The molecule has 1 heterocycles. The Hall–Kier alpha value is -1.43. The van der Waals surface area contributed by atoms with E-state index in [1.807, 2.05) is 12.1 Å². The summed E-state index contributed by atoms with van der Waals surface area (Å²) in [5.74, 6) is 5.64. The molecule has 5 nitrogen and oxygen atoms in total. The zero-order chi connectivity index (χ0) is 15.4. The summed E-state index contributed by atoms with van der Waals surface area (Å²) in [4.78, 5) is 16.0. The zero-order valence-corrected chi connectivity index (χ0v) is 13.2. The van der Waals surface area contributed by atoms with Gasteiger partial charge in [0.1, 0.15) is 0 Å². The van der Waals surface area contributed by atoms with Crippen molar-refractivity contribution in [3.05, 3.63) is 35.4 Å². The highest BCUT2D eigenvalue weighted by Crippen LogP contribution is 2.21. The van der Waals surface area contributed by atoms with Crippen LogP contribution in [0.4, 0.5) is 0 Å². The minimum absolute atomic E-state index is 0.162. The minimum Gasteiger partial charge on any atom is -0.305 e. The fourth-order valence-corrected chi connectivity index (χ4v) is 3.11. The SMILES string of the molecule is CC1CN(Cc2ccc(CC(=O)NN)cc2)CC1N(C)C. The van der Waals surface area contributed by atoms with Crippen LogP contribution < -0.4 is 11.3 Å². The van der Waals surface area contributed by atoms with Gasteiger partial charge < -0.3 is 4.90 Å². The number of amides is 1. The van der Waals surface area contributed by atoms with Crippen LogP contribution in [0, 0.1) is 5.92 Å². The number of hydrogen-bond acceptors (Lipinski definition) is 4. The van der Waals surface area contributed by atoms with Crippen molar-refractivity contribution < 1.29 is 4.79 Å². The molecule has 0 saturated carbocycles. The topological polar surface area (TPSA) is 61.6 Å². The molecule has 1 saturated heterocycles. The molecule has 5 heteroatoms. The largest absolute Gasteiger partial charge is 0.305 e. The molecule has 0 bridgehead atoms. The summed E-state index contributed by atoms with van der Waals surface area (Å²) in [7, 11) is 4.31. The van der Waals surface area contributed by atoms with Crippen LogP contribution in [0.5, 0.6) is 0 Å². The van der Waals surface area contributed by atoms with E-state index in [1.165, 1.54) is 5.56 Å². The van der Waals surface area contributed by atoms with Gasteiger partial charge >= 0.3 is 0 Å². The monoisotopic (exact) mass is 290 g/mol. The smallest absolute Gasteiger partial charge is 0.238 e. The molecule has 2 atom stereocenters. The van der Waals surface area contributed by atoms with Gasteiger partial charge in [0, 0.05) is 25.7 Å². The average Bonchev–Trinajstić information content (AvgIpc) is 2.82. The summed E-state index contributed by atoms with van der Waals surface area (Å²) in [5.41, 5.74) is 4.43. The summed E-state index contributed by atoms with van der Waals surface area (Å²) in [6.07, 6.45) is 0.334. The van der Waals surface area contributed by atoms with Crippen molar-refractivity contribution >= 4 is 5.91 Å². The number of nitrogens with two attached hydrogens (primary N) is 1. The predicted molar refractivity (Wildman–Crippen MR) is 84.4 cm³/mol. The molecule has 2 unspecified atom stereocenters. The summed E-state index contributed by atoms with van der Waals surface area (Å²) in [6.45, 7) is 5.54. The molecule has 1 aromatic carbocycles. The Labute approximate surface area is 127 Å². The van der Waals surface area contributed by atoms with Crippen LogP contribution >= 0.6 is 0 Å². The highest BCUT2D eigenvalue weighted by atomic mass is 16.2. The van der Waals surface area contributed by atoms with Crippen molar-refractivity contribution in [3.63, 3.8) is 0 Å². The molecule has 0 radical (unpaired) electrons. The molecule has 1 aromatic rings. The molecule has 0 aliphatic carbocycles. The number of rotatable bonds is 5. The standard InChI is InChI=1S/C16H26N4O/c1-12-9-20(11-15(12)19(2)3)10-14-6-4-13(5-7-14)8-16(21)18-17/h4-7,12,15H,8-11,17H2,1-3H3,(H,18,21). The molecule has 0 aromatic heterocycles. The number of likely N-dealkylation sites (tertiary alicyclic amines) is 1. The lowest BCUT2D eigenvalue weighted by Crippen LogP contribution is -2.34. The number of carbonyl (C=O) groups excluding carboxylic acids is 1. The second-order valence-corrected chi connectivity index (χ2v) is 6.26. The van der Waals surface area contributed by atoms with Gasteiger partial charge in [0.05, 0.1) is 6.42 Å². The van der Waals surface area contributed by atoms with Gasteiger partial charge in [0.15, 0.2) is 0 Å². The van der Waals surface area contributed by atoms with E-state index in [0.717, 1.165) is 25.2 Å². The van der Waals surface area contributed by atoms with Crippen molar-refractivity contribution in [2.75, 3.05) is 27.2 Å². The Balaban J connectivity index is 1.91. The lowest BCUT2D eigenvalue weighted by molar-refractivity contribution is -0.120. The van der Waals surface area contributed by atoms with Gasteiger partial charge in [-0.3, -0.25) is 15.1 Å². The van der Waals surface area contributed by atoms with Crippen LogP contribution in [0.3, 0.4) is 0 Å². The van der Waals surface area contributed by atoms with Crippen molar-refractivity contribution in [3.8, 4) is 0 Å². The molecule has 1 amide bonds. The third-order valence-corrected chi connectivity index (χ3v) is 4.27. The van der Waals surface area contributed by atoms with Crippen LogP contribution in [-0.2, 0) is 17.8 Å². The maximum atomic E-state index is 11.2. The van der Waals surface area contributed by atoms with Crippen LogP contribution in [-0.4, -0.2) is 48.9 Å². The Morgan fingerprint density at radius 2 is 1.90 bits per heavy atom. The highest BCUT2D eigenvalue weighted by Gasteiger charge is 2.30. The van der Waals surface area contributed by atoms with Gasteiger partial charge in [0.25, 0.3) is 0 Å². The molecule has 2 rings (SSSR count). The minimum atomic E-state index is -0.162. The molecule has 0 spiro atoms. The van der Waals surface area contributed by atoms with Crippen molar-refractivity contribution in [1.82, 2.24) is 15.2 Å². The first-order chi connectivity index (χ1) is 9.99. The Morgan fingerprint density at radius 3 is 2.43 bits per heavy atom. The lowest BCUT2D eigenvalue weighted by atomic mass is 10.1. The van der Waals surface area contributed by atoms with Crippen molar-refractivity contribution in [1.29, 1.82) is 0 Å². The number of hydrazine groups is 1. The molecular weight excluding hydrogens is 264 g/mol. The van der Waals surface area contributed by atoms with Crippen LogP contribution in [0.1, 0.15) is 18.1 Å². The number of carbonyl (C=O) groups is 1. The van der Waals surface area contributed by atoms with Gasteiger partial charge in [-0.05, 0) is 31.1 Å². The van der Waals surface area contributed by atoms with Gasteiger partial charge in [-0.25, -0.2) is 5.84 Å². The average molecular weight is 290 g/mol. The number of nitrogens with one attached hydrogen (secondary N) is 1. The van der Waals surface area contributed by atoms with Crippen molar-refractivity contribution in [2.24, 2.45) is 11.8 Å². The highest BCUT2D eigenvalue weighted by molar-refractivity contribution is 5.77. The van der Waals surface area contributed by atoms with E-state index in [1.54, 1.807) is 0 Å². The van der Waals surface area contributed by atoms with Gasteiger partial charge in [-0.2, -0.15) is 0 Å². The fourth-order valence-electron chi connectivity index (χ4n) is 3.11. The Bertz CT molecular complexity index is 472. The van der Waals surface area contributed by atoms with E-state index >= 15 is 0 Å². The van der Waals surface area contributed by atoms with E-state index in [9.17, 15) is 4.79 Å². The molecule has 116 valence electrons. The maximum Gasteiger partial charge on any atom is 0.238 e. The number of nitrogens with zero attached hydrogens (tertiary/aromatic N) is 2. The normalized spacial score (nSPS) is 22.7. The molecular formula is C16H26N4O. The number of hydrogen-bond donors (Lipinski definition) is 2. The van der Waals surface area contributed by atoms with Gasteiger partial charge in [-0.1, -0.05) is 31.2 Å². The number of likely N-dealkylation sites (N-methyl/N-ethyl adjacent to an activating group) is 1. The van der Waals surface area contributed by atoms with E-state index in [2.05, 4.69) is 48.4 Å². The van der Waals surface area contributed by atoms with Crippen LogP contribution in [0.25, 0.3) is 0 Å². The van der Waals surface area contributed by atoms with E-state index in [0.29, 0.717) is 18.4 Å². The third-order valence-electron chi connectivity index (χ3n) is 4.27. The first-order valence-corrected chi connectivity index (χ1v) is 7.45. The van der Waals surface area contributed by atoms with Crippen molar-refractivity contribution in [2.45, 2.75) is 25.9 Å². The first-order valence-electron chi connectivity index (χ1n) is 7.45. The molecule has 1 aliphatic heterocycles. The second-order valence-electron chi connectivity index (χ2n) is 6.26. The summed E-state index contributed by atoms with van der Waals surface area (Å²) in [5, 5.41) is 0. The van der Waals surface area contributed by atoms with E-state index in [4.69, 9.17) is 5.84 Å². The summed E-state index contributed by atoms with van der Waals surface area (Å²) >= 11 is 0. The molecule has 21 heavy (non-hydrogen) atoms. The Kier molecular flexibility index (Phi) is 5.33. The van der Waals surface area contributed by atoms with Crippen LogP contribution in [0.2, 0.25) is 0 Å². The zero-order valence-electron chi connectivity index (χ0n) is 13.2. The maximum absolute atomic E-state index is 11.2. The fraction of sp³-hybridized carbons (Fsp3) is 0.562. The Morgan fingerprint density at radius 1 is 1.29 bits per heavy atom. The molecule has 1 fully saturated rings. The summed E-state index contributed by atoms with van der Waals surface area (Å²) < 4.78 is 0. The second kappa shape index (κ2) is 7.02. The lowest BCUT2D eigenvalue weighted by Gasteiger charge is -2.22. The van der Waals surface area contributed by atoms with Crippen LogP contribution in [0.15, 0.2) is 24.3 Å². The summed E-state index contributed by atoms with van der Waals surface area (Å²) in [6, 6.07) is 8.86. The third kappa shape index (κ3) is 4.27. The van der Waals surface area contributed by atoms with E-state index in [-0.39, 0.29) is 5.91 Å². The molecule has 1 aliphatic rings. The quantitative estimate of drug-likeness (QED) is 0.474. The number of benzene rings is 1. The van der Waals surface area contributed by atoms with Gasteiger partial charge in [0.2, 0.25) is 5.91 Å². The predicted octanol–water partition coefficient (Wildman–Crippen LogP) is 0.601. The molecule has 3 N–H and O–H groups in total. The van der Waals surface area contributed by atoms with E-state index < -0.39 is 0 Å². The van der Waals surface area contributed by atoms with Gasteiger partial charge in [-0.15, -0.1) is 0 Å².